The zero-order chi connectivity index (χ0) is 27.2. The van der Waals surface area contributed by atoms with E-state index in [2.05, 4.69) is 29.6 Å². The number of rotatable bonds is 9. The van der Waals surface area contributed by atoms with E-state index in [1.807, 2.05) is 61.5 Å². The van der Waals surface area contributed by atoms with E-state index in [0.717, 1.165) is 22.3 Å². The molecule has 1 atom stereocenters. The predicted octanol–water partition coefficient (Wildman–Crippen LogP) is 6.76. The highest BCUT2D eigenvalue weighted by atomic mass is 16.5. The Hall–Kier alpha value is -4.71. The van der Waals surface area contributed by atoms with Crippen LogP contribution in [0.1, 0.15) is 29.7 Å². The normalized spacial score (nSPS) is 14.4. The number of methoxy groups -OCH3 is 2. The van der Waals surface area contributed by atoms with Crippen LogP contribution in [0.3, 0.4) is 0 Å². The topological polar surface area (TPSA) is 66.0 Å². The van der Waals surface area contributed by atoms with Crippen LogP contribution in [0.15, 0.2) is 109 Å². The maximum atomic E-state index is 12.8. The Morgan fingerprint density at radius 2 is 1.51 bits per heavy atom. The van der Waals surface area contributed by atoms with Crippen molar-refractivity contribution in [3.8, 4) is 23.0 Å². The SMILES string of the molecule is COc1ccc(NC(=O)/C=C(\C)C2Cc3cccc(OC(c4ccccc4)c4ccccc4)c3O2)cc1OC. The van der Waals surface area contributed by atoms with Crippen LogP contribution in [0.5, 0.6) is 23.0 Å². The molecule has 1 N–H and O–H groups in total. The molecule has 1 aliphatic heterocycles. The average molecular weight is 522 g/mol. The van der Waals surface area contributed by atoms with E-state index in [4.69, 9.17) is 18.9 Å². The molecule has 0 saturated heterocycles. The Morgan fingerprint density at radius 3 is 2.15 bits per heavy atom. The van der Waals surface area contributed by atoms with Crippen LogP contribution in [0, 0.1) is 0 Å². The quantitative estimate of drug-likeness (QED) is 0.247. The van der Waals surface area contributed by atoms with Crippen LogP contribution in [0.2, 0.25) is 0 Å². The minimum atomic E-state index is -0.287. The summed E-state index contributed by atoms with van der Waals surface area (Å²) in [4.78, 5) is 12.8. The number of carbonyl (C=O) groups is 1. The maximum absolute atomic E-state index is 12.8. The van der Waals surface area contributed by atoms with Gasteiger partial charge < -0.3 is 24.3 Å². The molecule has 0 radical (unpaired) electrons. The molecule has 1 aliphatic rings. The molecule has 0 spiro atoms. The van der Waals surface area contributed by atoms with E-state index >= 15 is 0 Å². The molecule has 0 fully saturated rings. The van der Waals surface area contributed by atoms with Crippen molar-refractivity contribution in [3.63, 3.8) is 0 Å². The molecule has 198 valence electrons. The third kappa shape index (κ3) is 5.91. The lowest BCUT2D eigenvalue weighted by Crippen LogP contribution is -2.18. The van der Waals surface area contributed by atoms with Crippen molar-refractivity contribution < 1.29 is 23.7 Å². The Labute approximate surface area is 228 Å². The molecule has 1 heterocycles. The standard InChI is InChI=1S/C33H31NO5/c1-22(19-31(35)34-26-17-18-27(36-2)30(21-26)37-3)29-20-25-15-10-16-28(33(25)39-29)38-32(23-11-6-4-7-12-23)24-13-8-5-9-14-24/h4-19,21,29,32H,20H2,1-3H3,(H,34,35)/b22-19+. The molecular formula is C33H31NO5. The summed E-state index contributed by atoms with van der Waals surface area (Å²) in [6.07, 6.45) is 1.67. The van der Waals surface area contributed by atoms with Gasteiger partial charge in [0, 0.05) is 29.8 Å². The lowest BCUT2D eigenvalue weighted by Gasteiger charge is -2.22. The van der Waals surface area contributed by atoms with Gasteiger partial charge in [-0.3, -0.25) is 4.79 Å². The third-order valence-electron chi connectivity index (χ3n) is 6.69. The zero-order valence-corrected chi connectivity index (χ0v) is 22.2. The zero-order valence-electron chi connectivity index (χ0n) is 22.2. The van der Waals surface area contributed by atoms with Crippen molar-refractivity contribution in [3.05, 3.63) is 125 Å². The number of carbonyl (C=O) groups excluding carboxylic acids is 1. The molecule has 4 aromatic rings. The molecule has 1 unspecified atom stereocenters. The molecule has 4 aromatic carbocycles. The molecule has 6 nitrogen and oxygen atoms in total. The van der Waals surface area contributed by atoms with E-state index in [0.29, 0.717) is 35.1 Å². The van der Waals surface area contributed by atoms with Crippen LogP contribution in [0.25, 0.3) is 0 Å². The van der Waals surface area contributed by atoms with E-state index in [1.165, 1.54) is 0 Å². The lowest BCUT2D eigenvalue weighted by atomic mass is 10.0. The highest BCUT2D eigenvalue weighted by molar-refractivity contribution is 6.00. The summed E-state index contributed by atoms with van der Waals surface area (Å²) in [7, 11) is 3.13. The van der Waals surface area contributed by atoms with Crippen molar-refractivity contribution in [2.75, 3.05) is 19.5 Å². The van der Waals surface area contributed by atoms with Crippen LogP contribution in [0.4, 0.5) is 5.69 Å². The van der Waals surface area contributed by atoms with Gasteiger partial charge in [-0.25, -0.2) is 0 Å². The van der Waals surface area contributed by atoms with Crippen LogP contribution >= 0.6 is 0 Å². The van der Waals surface area contributed by atoms with Crippen molar-refractivity contribution >= 4 is 11.6 Å². The van der Waals surface area contributed by atoms with Gasteiger partial charge in [-0.05, 0) is 41.8 Å². The number of hydrogen-bond donors (Lipinski definition) is 1. The van der Waals surface area contributed by atoms with E-state index in [9.17, 15) is 4.79 Å². The lowest BCUT2D eigenvalue weighted by molar-refractivity contribution is -0.112. The van der Waals surface area contributed by atoms with Gasteiger partial charge >= 0.3 is 0 Å². The summed E-state index contributed by atoms with van der Waals surface area (Å²) in [5, 5.41) is 2.89. The first-order valence-corrected chi connectivity index (χ1v) is 12.8. The van der Waals surface area contributed by atoms with Crippen LogP contribution in [-0.4, -0.2) is 26.2 Å². The van der Waals surface area contributed by atoms with Crippen molar-refractivity contribution in [1.29, 1.82) is 0 Å². The number of fused-ring (bicyclic) bond motifs is 1. The maximum Gasteiger partial charge on any atom is 0.248 e. The Morgan fingerprint density at radius 1 is 0.846 bits per heavy atom. The molecule has 1 amide bonds. The largest absolute Gasteiger partial charge is 0.493 e. The number of hydrogen-bond acceptors (Lipinski definition) is 5. The molecule has 0 aliphatic carbocycles. The van der Waals surface area contributed by atoms with Crippen LogP contribution < -0.4 is 24.3 Å². The number of ether oxygens (including phenoxy) is 4. The molecule has 0 aromatic heterocycles. The molecule has 0 bridgehead atoms. The van der Waals surface area contributed by atoms with Gasteiger partial charge in [0.05, 0.1) is 14.2 Å². The van der Waals surface area contributed by atoms with Crippen molar-refractivity contribution in [2.24, 2.45) is 0 Å². The fourth-order valence-electron chi connectivity index (χ4n) is 4.69. The van der Waals surface area contributed by atoms with Gasteiger partial charge in [0.25, 0.3) is 0 Å². The summed E-state index contributed by atoms with van der Waals surface area (Å²) >= 11 is 0. The van der Waals surface area contributed by atoms with E-state index in [1.54, 1.807) is 38.5 Å². The Bertz CT molecular complexity index is 1430. The second kappa shape index (κ2) is 11.8. The van der Waals surface area contributed by atoms with Gasteiger partial charge in [-0.15, -0.1) is 0 Å². The molecule has 39 heavy (non-hydrogen) atoms. The summed E-state index contributed by atoms with van der Waals surface area (Å²) in [6, 6.07) is 31.5. The van der Waals surface area contributed by atoms with Crippen LogP contribution in [-0.2, 0) is 11.2 Å². The van der Waals surface area contributed by atoms with Crippen molar-refractivity contribution in [1.82, 2.24) is 0 Å². The van der Waals surface area contributed by atoms with Gasteiger partial charge in [-0.1, -0.05) is 72.8 Å². The average Bonchev–Trinajstić information content (AvgIpc) is 3.42. The highest BCUT2D eigenvalue weighted by Gasteiger charge is 2.29. The van der Waals surface area contributed by atoms with Gasteiger partial charge in [0.15, 0.2) is 23.0 Å². The Kier molecular flexibility index (Phi) is 7.83. The predicted molar refractivity (Wildman–Crippen MR) is 152 cm³/mol. The second-order valence-electron chi connectivity index (χ2n) is 9.32. The molecular weight excluding hydrogens is 490 g/mol. The number of amides is 1. The van der Waals surface area contributed by atoms with Gasteiger partial charge in [-0.2, -0.15) is 0 Å². The molecule has 5 rings (SSSR count). The number of benzene rings is 4. The summed E-state index contributed by atoms with van der Waals surface area (Å²) in [5.74, 6) is 2.29. The van der Waals surface area contributed by atoms with Gasteiger partial charge in [0.1, 0.15) is 12.2 Å². The van der Waals surface area contributed by atoms with E-state index < -0.39 is 0 Å². The third-order valence-corrected chi connectivity index (χ3v) is 6.69. The first kappa shape index (κ1) is 25.9. The number of nitrogens with one attached hydrogen (secondary N) is 1. The fourth-order valence-corrected chi connectivity index (χ4v) is 4.69. The first-order chi connectivity index (χ1) is 19.1. The van der Waals surface area contributed by atoms with Gasteiger partial charge in [0.2, 0.25) is 5.91 Å². The fraction of sp³-hybridized carbons (Fsp3) is 0.182. The minimum absolute atomic E-state index is 0.246. The monoisotopic (exact) mass is 521 g/mol. The van der Waals surface area contributed by atoms with Crippen molar-refractivity contribution in [2.45, 2.75) is 25.6 Å². The number of para-hydroxylation sites is 1. The number of anilines is 1. The highest BCUT2D eigenvalue weighted by Crippen LogP contribution is 2.42. The molecule has 6 heteroatoms. The smallest absolute Gasteiger partial charge is 0.248 e. The minimum Gasteiger partial charge on any atom is -0.493 e. The first-order valence-electron chi connectivity index (χ1n) is 12.8. The molecule has 0 saturated carbocycles. The summed E-state index contributed by atoms with van der Waals surface area (Å²) in [6.45, 7) is 1.90. The summed E-state index contributed by atoms with van der Waals surface area (Å²) in [5.41, 5.74) is 4.58. The summed E-state index contributed by atoms with van der Waals surface area (Å²) < 4.78 is 23.6. The van der Waals surface area contributed by atoms with E-state index in [-0.39, 0.29) is 18.1 Å². The second-order valence-corrected chi connectivity index (χ2v) is 9.32. The Balaban J connectivity index is 1.32.